The highest BCUT2D eigenvalue weighted by Crippen LogP contribution is 2.23. The highest BCUT2D eigenvalue weighted by atomic mass is 35.5. The minimum atomic E-state index is -0.161. The lowest BCUT2D eigenvalue weighted by Crippen LogP contribution is -2.39. The molecule has 1 aromatic carbocycles. The van der Waals surface area contributed by atoms with Gasteiger partial charge in [-0.25, -0.2) is 0 Å². The van der Waals surface area contributed by atoms with Crippen molar-refractivity contribution in [2.45, 2.75) is 19.8 Å². The molecule has 0 aromatic heterocycles. The fraction of sp³-hybridized carbons (Fsp3) is 0.412. The fourth-order valence-electron chi connectivity index (χ4n) is 2.48. The van der Waals surface area contributed by atoms with Crippen molar-refractivity contribution >= 4 is 41.2 Å². The van der Waals surface area contributed by atoms with Crippen LogP contribution in [0.2, 0.25) is 10.0 Å². The largest absolute Gasteiger partial charge is 0.466 e. The Morgan fingerprint density at radius 3 is 2.57 bits per heavy atom. The molecule has 0 bridgehead atoms. The van der Waals surface area contributed by atoms with Crippen molar-refractivity contribution < 1.29 is 14.3 Å². The minimum Gasteiger partial charge on any atom is -0.466 e. The maximum Gasteiger partial charge on any atom is 0.309 e. The standard InChI is InChI=1S/C17H19Cl2NO3/c1-2-23-17(22)13-7-9-20(10-8-13)16(21)6-4-12-3-5-14(18)15(19)11-12/h3-6,11,13H,2,7-10H2,1H3. The molecule has 0 N–H and O–H groups in total. The summed E-state index contributed by atoms with van der Waals surface area (Å²) in [5.41, 5.74) is 0.814. The Bertz CT molecular complexity index is 608. The summed E-state index contributed by atoms with van der Waals surface area (Å²) in [6.07, 6.45) is 4.52. The van der Waals surface area contributed by atoms with E-state index < -0.39 is 0 Å². The number of amides is 1. The topological polar surface area (TPSA) is 46.6 Å². The first-order valence-electron chi connectivity index (χ1n) is 7.60. The van der Waals surface area contributed by atoms with Gasteiger partial charge in [0.15, 0.2) is 0 Å². The number of hydrogen-bond donors (Lipinski definition) is 0. The maximum absolute atomic E-state index is 12.2. The molecule has 6 heteroatoms. The molecule has 1 saturated heterocycles. The first-order valence-corrected chi connectivity index (χ1v) is 8.35. The number of carbonyl (C=O) groups is 2. The van der Waals surface area contributed by atoms with Crippen molar-refractivity contribution in [3.63, 3.8) is 0 Å². The van der Waals surface area contributed by atoms with Crippen LogP contribution in [0, 0.1) is 5.92 Å². The van der Waals surface area contributed by atoms with Crippen molar-refractivity contribution in [3.05, 3.63) is 39.9 Å². The van der Waals surface area contributed by atoms with E-state index in [0.29, 0.717) is 42.6 Å². The van der Waals surface area contributed by atoms with E-state index in [4.69, 9.17) is 27.9 Å². The molecule has 0 atom stereocenters. The summed E-state index contributed by atoms with van der Waals surface area (Å²) in [5.74, 6) is -0.331. The summed E-state index contributed by atoms with van der Waals surface area (Å²) < 4.78 is 5.02. The summed E-state index contributed by atoms with van der Waals surface area (Å²) in [7, 11) is 0. The van der Waals surface area contributed by atoms with Gasteiger partial charge in [-0.15, -0.1) is 0 Å². The van der Waals surface area contributed by atoms with Crippen LogP contribution in [0.4, 0.5) is 0 Å². The van der Waals surface area contributed by atoms with Crippen LogP contribution >= 0.6 is 23.2 Å². The highest BCUT2D eigenvalue weighted by Gasteiger charge is 2.27. The number of halogens is 2. The molecule has 23 heavy (non-hydrogen) atoms. The minimum absolute atomic E-state index is 0.0709. The average molecular weight is 356 g/mol. The molecule has 4 nitrogen and oxygen atoms in total. The van der Waals surface area contributed by atoms with Gasteiger partial charge in [0.05, 0.1) is 22.6 Å². The van der Waals surface area contributed by atoms with Crippen molar-refractivity contribution in [3.8, 4) is 0 Å². The summed E-state index contributed by atoms with van der Waals surface area (Å²) >= 11 is 11.8. The lowest BCUT2D eigenvalue weighted by atomic mass is 9.97. The highest BCUT2D eigenvalue weighted by molar-refractivity contribution is 6.42. The van der Waals surface area contributed by atoms with Gasteiger partial charge in [-0.3, -0.25) is 9.59 Å². The van der Waals surface area contributed by atoms with Crippen molar-refractivity contribution in [2.24, 2.45) is 5.92 Å². The second-order valence-corrected chi connectivity index (χ2v) is 6.17. The summed E-state index contributed by atoms with van der Waals surface area (Å²) in [6, 6.07) is 5.20. The lowest BCUT2D eigenvalue weighted by Gasteiger charge is -2.30. The Hall–Kier alpha value is -1.52. The van der Waals surface area contributed by atoms with E-state index in [2.05, 4.69) is 0 Å². The van der Waals surface area contributed by atoms with Crippen molar-refractivity contribution in [2.75, 3.05) is 19.7 Å². The zero-order valence-electron chi connectivity index (χ0n) is 12.9. The Kier molecular flexibility index (Phi) is 6.48. The molecule has 1 fully saturated rings. The van der Waals surface area contributed by atoms with E-state index in [9.17, 15) is 9.59 Å². The van der Waals surface area contributed by atoms with E-state index in [1.54, 1.807) is 36.1 Å². The van der Waals surface area contributed by atoms with Crippen LogP contribution in [-0.4, -0.2) is 36.5 Å². The first-order chi connectivity index (χ1) is 11.0. The Balaban J connectivity index is 1.88. The number of piperidine rings is 1. The van der Waals surface area contributed by atoms with Crippen LogP contribution in [0.3, 0.4) is 0 Å². The Labute approximate surface area is 146 Å². The SMILES string of the molecule is CCOC(=O)C1CCN(C(=O)C=Cc2ccc(Cl)c(Cl)c2)CC1. The molecule has 0 spiro atoms. The van der Waals surface area contributed by atoms with Crippen LogP contribution in [0.5, 0.6) is 0 Å². The third-order valence-corrected chi connectivity index (χ3v) is 4.53. The van der Waals surface area contributed by atoms with Crippen molar-refractivity contribution in [1.29, 1.82) is 0 Å². The molecule has 2 rings (SSSR count). The predicted molar refractivity (Wildman–Crippen MR) is 91.4 cm³/mol. The quantitative estimate of drug-likeness (QED) is 0.609. The van der Waals surface area contributed by atoms with Gasteiger partial charge in [0.2, 0.25) is 5.91 Å². The van der Waals surface area contributed by atoms with Gasteiger partial charge < -0.3 is 9.64 Å². The van der Waals surface area contributed by atoms with Crippen molar-refractivity contribution in [1.82, 2.24) is 4.90 Å². The van der Waals surface area contributed by atoms with Crippen LogP contribution in [0.15, 0.2) is 24.3 Å². The fourth-order valence-corrected chi connectivity index (χ4v) is 2.79. The molecule has 1 amide bonds. The third-order valence-electron chi connectivity index (χ3n) is 3.79. The second kappa shape index (κ2) is 8.37. The summed E-state index contributed by atoms with van der Waals surface area (Å²) in [5, 5.41) is 0.938. The number of benzene rings is 1. The van der Waals surface area contributed by atoms with Gasteiger partial charge in [0, 0.05) is 19.2 Å². The van der Waals surface area contributed by atoms with Crippen LogP contribution in [-0.2, 0) is 14.3 Å². The summed E-state index contributed by atoms with van der Waals surface area (Å²) in [4.78, 5) is 25.6. The maximum atomic E-state index is 12.2. The molecule has 0 radical (unpaired) electrons. The lowest BCUT2D eigenvalue weighted by molar-refractivity contribution is -0.150. The smallest absolute Gasteiger partial charge is 0.309 e. The molecule has 1 heterocycles. The predicted octanol–water partition coefficient (Wildman–Crippen LogP) is 3.81. The Morgan fingerprint density at radius 1 is 1.26 bits per heavy atom. The third kappa shape index (κ3) is 4.98. The second-order valence-electron chi connectivity index (χ2n) is 5.36. The van der Waals surface area contributed by atoms with Crippen LogP contribution < -0.4 is 0 Å². The van der Waals surface area contributed by atoms with Gasteiger partial charge in [-0.2, -0.15) is 0 Å². The molecule has 0 aliphatic carbocycles. The number of nitrogens with zero attached hydrogens (tertiary/aromatic N) is 1. The van der Waals surface area contributed by atoms with Crippen LogP contribution in [0.25, 0.3) is 6.08 Å². The normalized spacial score (nSPS) is 15.9. The summed E-state index contributed by atoms with van der Waals surface area (Å²) in [6.45, 7) is 3.32. The average Bonchev–Trinajstić information content (AvgIpc) is 2.56. The van der Waals surface area contributed by atoms with E-state index in [1.807, 2.05) is 0 Å². The van der Waals surface area contributed by atoms with Crippen LogP contribution in [0.1, 0.15) is 25.3 Å². The number of likely N-dealkylation sites (tertiary alicyclic amines) is 1. The van der Waals surface area contributed by atoms with Gasteiger partial charge >= 0.3 is 5.97 Å². The van der Waals surface area contributed by atoms with E-state index in [0.717, 1.165) is 5.56 Å². The zero-order chi connectivity index (χ0) is 16.8. The molecular formula is C17H19Cl2NO3. The van der Waals surface area contributed by atoms with Gasteiger partial charge in [-0.1, -0.05) is 29.3 Å². The molecule has 124 valence electrons. The van der Waals surface area contributed by atoms with Gasteiger partial charge in [-0.05, 0) is 43.5 Å². The van der Waals surface area contributed by atoms with E-state index >= 15 is 0 Å². The Morgan fingerprint density at radius 2 is 1.96 bits per heavy atom. The monoisotopic (exact) mass is 355 g/mol. The number of ether oxygens (including phenoxy) is 1. The number of esters is 1. The molecule has 0 unspecified atom stereocenters. The van der Waals surface area contributed by atoms with E-state index in [1.165, 1.54) is 6.08 Å². The number of hydrogen-bond acceptors (Lipinski definition) is 3. The number of rotatable bonds is 4. The molecule has 1 aliphatic rings. The first kappa shape index (κ1) is 17.8. The molecule has 1 aromatic rings. The number of carbonyl (C=O) groups excluding carboxylic acids is 2. The van der Waals surface area contributed by atoms with Gasteiger partial charge in [0.25, 0.3) is 0 Å². The zero-order valence-corrected chi connectivity index (χ0v) is 14.4. The van der Waals surface area contributed by atoms with Gasteiger partial charge in [0.1, 0.15) is 0 Å². The molecular weight excluding hydrogens is 337 g/mol. The molecule has 1 aliphatic heterocycles. The molecule has 0 saturated carbocycles. The van der Waals surface area contributed by atoms with E-state index in [-0.39, 0.29) is 17.8 Å².